The van der Waals surface area contributed by atoms with E-state index in [2.05, 4.69) is 39.1 Å². The molecule has 0 aromatic carbocycles. The third-order valence-electron chi connectivity index (χ3n) is 3.94. The van der Waals surface area contributed by atoms with Crippen LogP contribution in [0.25, 0.3) is 0 Å². The second-order valence-electron chi connectivity index (χ2n) is 5.31. The van der Waals surface area contributed by atoms with Gasteiger partial charge in [0.1, 0.15) is 5.82 Å². The molecule has 1 aromatic heterocycles. The molecule has 5 heteroatoms. The summed E-state index contributed by atoms with van der Waals surface area (Å²) in [4.78, 5) is 7.33. The van der Waals surface area contributed by atoms with Crippen LogP contribution in [0.4, 0.5) is 5.82 Å². The summed E-state index contributed by atoms with van der Waals surface area (Å²) < 4.78 is 6.57. The van der Waals surface area contributed by atoms with Gasteiger partial charge < -0.3 is 15.0 Å². The van der Waals surface area contributed by atoms with Gasteiger partial charge in [0, 0.05) is 36.3 Å². The molecule has 1 aromatic rings. The number of rotatable bonds is 3. The molecule has 4 nitrogen and oxygen atoms in total. The first-order valence-electron chi connectivity index (χ1n) is 6.95. The number of hydrogen-bond donors (Lipinski definition) is 1. The Bertz CT molecular complexity index is 480. The summed E-state index contributed by atoms with van der Waals surface area (Å²) in [6.45, 7) is 7.66. The normalized spacial score (nSPS) is 25.3. The fourth-order valence-electron chi connectivity index (χ4n) is 3.05. The molecular formula is C14H20BrN3O. The van der Waals surface area contributed by atoms with Gasteiger partial charge >= 0.3 is 0 Å². The van der Waals surface area contributed by atoms with Crippen LogP contribution in [0.5, 0.6) is 0 Å². The van der Waals surface area contributed by atoms with Crippen LogP contribution in [0.2, 0.25) is 0 Å². The molecule has 3 heterocycles. The SMILES string of the molecule is CCOCc1nc2c(cc1Br)C[C@@H]1CNC[C@@H](C)N21. The Morgan fingerprint density at radius 3 is 3.16 bits per heavy atom. The van der Waals surface area contributed by atoms with Crippen molar-refractivity contribution in [3.63, 3.8) is 0 Å². The smallest absolute Gasteiger partial charge is 0.132 e. The van der Waals surface area contributed by atoms with Crippen molar-refractivity contribution in [3.05, 3.63) is 21.8 Å². The summed E-state index contributed by atoms with van der Waals surface area (Å²) in [6.07, 6.45) is 1.09. The maximum Gasteiger partial charge on any atom is 0.132 e. The monoisotopic (exact) mass is 325 g/mol. The maximum absolute atomic E-state index is 5.50. The zero-order valence-electron chi connectivity index (χ0n) is 11.4. The molecule has 2 atom stereocenters. The predicted molar refractivity (Wildman–Crippen MR) is 79.6 cm³/mol. The van der Waals surface area contributed by atoms with E-state index in [1.54, 1.807) is 0 Å². The molecule has 3 rings (SSSR count). The van der Waals surface area contributed by atoms with Gasteiger partial charge in [0.25, 0.3) is 0 Å². The Hall–Kier alpha value is -0.650. The minimum absolute atomic E-state index is 0.508. The third kappa shape index (κ3) is 2.39. The zero-order chi connectivity index (χ0) is 13.4. The molecule has 104 valence electrons. The van der Waals surface area contributed by atoms with Crippen molar-refractivity contribution in [2.45, 2.75) is 39.0 Å². The van der Waals surface area contributed by atoms with Gasteiger partial charge in [0.2, 0.25) is 0 Å². The maximum atomic E-state index is 5.50. The molecule has 19 heavy (non-hydrogen) atoms. The van der Waals surface area contributed by atoms with Crippen LogP contribution in [0, 0.1) is 0 Å². The summed E-state index contributed by atoms with van der Waals surface area (Å²) in [5.74, 6) is 1.16. The molecule has 2 aliphatic heterocycles. The molecule has 0 amide bonds. The van der Waals surface area contributed by atoms with E-state index in [0.717, 1.165) is 42.1 Å². The molecule has 1 fully saturated rings. The van der Waals surface area contributed by atoms with Gasteiger partial charge in [-0.15, -0.1) is 0 Å². The summed E-state index contributed by atoms with van der Waals surface area (Å²) in [5.41, 5.74) is 2.36. The summed E-state index contributed by atoms with van der Waals surface area (Å²) in [5, 5.41) is 3.50. The van der Waals surface area contributed by atoms with E-state index in [1.807, 2.05) is 6.92 Å². The van der Waals surface area contributed by atoms with E-state index >= 15 is 0 Å². The third-order valence-corrected chi connectivity index (χ3v) is 4.62. The van der Waals surface area contributed by atoms with Crippen molar-refractivity contribution in [2.24, 2.45) is 0 Å². The van der Waals surface area contributed by atoms with Gasteiger partial charge in [-0.3, -0.25) is 0 Å². The highest BCUT2D eigenvalue weighted by Gasteiger charge is 2.36. The molecule has 1 saturated heterocycles. The Balaban J connectivity index is 1.93. The van der Waals surface area contributed by atoms with E-state index in [4.69, 9.17) is 9.72 Å². The molecule has 0 aliphatic carbocycles. The van der Waals surface area contributed by atoms with Crippen molar-refractivity contribution in [2.75, 3.05) is 24.6 Å². The van der Waals surface area contributed by atoms with Crippen molar-refractivity contribution in [1.82, 2.24) is 10.3 Å². The number of fused-ring (bicyclic) bond motifs is 3. The van der Waals surface area contributed by atoms with Crippen molar-refractivity contribution >= 4 is 21.7 Å². The van der Waals surface area contributed by atoms with Gasteiger partial charge in [-0.25, -0.2) is 4.98 Å². The molecule has 1 N–H and O–H groups in total. The summed E-state index contributed by atoms with van der Waals surface area (Å²) in [7, 11) is 0. The van der Waals surface area contributed by atoms with E-state index in [1.165, 1.54) is 5.56 Å². The first kappa shape index (κ1) is 13.3. The van der Waals surface area contributed by atoms with Gasteiger partial charge in [-0.05, 0) is 47.8 Å². The van der Waals surface area contributed by atoms with Crippen LogP contribution in [0.1, 0.15) is 25.1 Å². The van der Waals surface area contributed by atoms with Crippen LogP contribution < -0.4 is 10.2 Å². The number of ether oxygens (including phenoxy) is 1. The summed E-state index contributed by atoms with van der Waals surface area (Å²) >= 11 is 3.62. The lowest BCUT2D eigenvalue weighted by Gasteiger charge is -2.37. The van der Waals surface area contributed by atoms with Crippen LogP contribution in [0.15, 0.2) is 10.5 Å². The van der Waals surface area contributed by atoms with Crippen molar-refractivity contribution in [3.8, 4) is 0 Å². The molecule has 0 saturated carbocycles. The fraction of sp³-hybridized carbons (Fsp3) is 0.643. The van der Waals surface area contributed by atoms with Crippen LogP contribution in [0.3, 0.4) is 0 Å². The number of anilines is 1. The minimum atomic E-state index is 0.508. The summed E-state index contributed by atoms with van der Waals surface area (Å²) in [6, 6.07) is 3.29. The van der Waals surface area contributed by atoms with E-state index in [0.29, 0.717) is 18.7 Å². The van der Waals surface area contributed by atoms with Gasteiger partial charge in [-0.2, -0.15) is 0 Å². The molecule has 0 radical (unpaired) electrons. The second-order valence-corrected chi connectivity index (χ2v) is 6.16. The number of nitrogens with one attached hydrogen (secondary N) is 1. The molecule has 2 aliphatic rings. The predicted octanol–water partition coefficient (Wildman–Crippen LogP) is 2.10. The topological polar surface area (TPSA) is 37.4 Å². The van der Waals surface area contributed by atoms with Crippen LogP contribution >= 0.6 is 15.9 Å². The Kier molecular flexibility index (Phi) is 3.78. The van der Waals surface area contributed by atoms with Crippen molar-refractivity contribution in [1.29, 1.82) is 0 Å². The fourth-order valence-corrected chi connectivity index (χ4v) is 3.53. The Morgan fingerprint density at radius 1 is 1.53 bits per heavy atom. The van der Waals surface area contributed by atoms with Crippen molar-refractivity contribution < 1.29 is 4.74 Å². The highest BCUT2D eigenvalue weighted by molar-refractivity contribution is 9.10. The Labute approximate surface area is 122 Å². The average Bonchev–Trinajstić information content (AvgIpc) is 2.74. The number of halogens is 1. The quantitative estimate of drug-likeness (QED) is 0.923. The lowest BCUT2D eigenvalue weighted by Crippen LogP contribution is -2.55. The molecule has 0 bridgehead atoms. The lowest BCUT2D eigenvalue weighted by molar-refractivity contribution is 0.131. The lowest BCUT2D eigenvalue weighted by atomic mass is 10.1. The standard InChI is InChI=1S/C14H20BrN3O/c1-3-19-8-13-12(15)5-10-4-11-7-16-6-9(2)18(11)14(10)17-13/h5,9,11,16H,3-4,6-8H2,1-2H3/t9-,11-/m1/s1. The number of aromatic nitrogens is 1. The number of nitrogens with zero attached hydrogens (tertiary/aromatic N) is 2. The second kappa shape index (κ2) is 5.38. The molecule has 0 spiro atoms. The van der Waals surface area contributed by atoms with E-state index < -0.39 is 0 Å². The van der Waals surface area contributed by atoms with E-state index in [-0.39, 0.29) is 0 Å². The Morgan fingerprint density at radius 2 is 2.37 bits per heavy atom. The molecular weight excluding hydrogens is 306 g/mol. The van der Waals surface area contributed by atoms with Crippen LogP contribution in [-0.2, 0) is 17.8 Å². The highest BCUT2D eigenvalue weighted by Crippen LogP contribution is 2.36. The largest absolute Gasteiger partial charge is 0.375 e. The number of hydrogen-bond acceptors (Lipinski definition) is 4. The molecule has 0 unspecified atom stereocenters. The minimum Gasteiger partial charge on any atom is -0.375 e. The first-order chi connectivity index (χ1) is 9.20. The van der Waals surface area contributed by atoms with Gasteiger partial charge in [0.15, 0.2) is 0 Å². The number of pyridine rings is 1. The van der Waals surface area contributed by atoms with Gasteiger partial charge in [-0.1, -0.05) is 0 Å². The van der Waals surface area contributed by atoms with E-state index in [9.17, 15) is 0 Å². The highest BCUT2D eigenvalue weighted by atomic mass is 79.9. The zero-order valence-corrected chi connectivity index (χ0v) is 13.0. The number of piperazine rings is 1. The van der Waals surface area contributed by atoms with Gasteiger partial charge in [0.05, 0.1) is 12.3 Å². The van der Waals surface area contributed by atoms with Crippen LogP contribution in [-0.4, -0.2) is 36.8 Å². The first-order valence-corrected chi connectivity index (χ1v) is 7.75. The average molecular weight is 326 g/mol.